The molecule has 0 unspecified atom stereocenters. The van der Waals surface area contributed by atoms with Crippen LogP contribution in [-0.2, 0) is 0 Å². The maximum absolute atomic E-state index is 8.04. The second-order valence-corrected chi connectivity index (χ2v) is 0.987. The molecule has 0 aliphatic rings. The SMILES string of the molecule is [B]C(O)(O)C=C. The molecule has 2 radical (unpaired) electrons. The van der Waals surface area contributed by atoms with Gasteiger partial charge in [0, 0.05) is 0 Å². The van der Waals surface area contributed by atoms with Crippen LogP contribution >= 0.6 is 0 Å². The molecule has 0 fully saturated rings. The van der Waals surface area contributed by atoms with Crippen LogP contribution in [0.3, 0.4) is 0 Å². The van der Waals surface area contributed by atoms with Crippen LogP contribution in [0.4, 0.5) is 0 Å². The van der Waals surface area contributed by atoms with Crippen LogP contribution in [0, 0.1) is 0 Å². The van der Waals surface area contributed by atoms with Gasteiger partial charge >= 0.3 is 0 Å². The van der Waals surface area contributed by atoms with Gasteiger partial charge in [0.15, 0.2) is 7.85 Å². The molecule has 0 aromatic rings. The number of hydrogen-bond acceptors (Lipinski definition) is 2. The Hall–Kier alpha value is -0.275. The maximum Gasteiger partial charge on any atom is 0.160 e. The summed E-state index contributed by atoms with van der Waals surface area (Å²) in [6.45, 7) is 3.01. The highest BCUT2D eigenvalue weighted by Crippen LogP contribution is 1.87. The van der Waals surface area contributed by atoms with Crippen LogP contribution in [0.2, 0.25) is 0 Å². The first-order chi connectivity index (χ1) is 2.56. The molecule has 0 aromatic heterocycles. The highest BCUT2D eigenvalue weighted by Gasteiger charge is 2.04. The van der Waals surface area contributed by atoms with Crippen LogP contribution in [0.1, 0.15) is 0 Å². The predicted molar refractivity (Wildman–Crippen MR) is 23.1 cm³/mol. The van der Waals surface area contributed by atoms with Crippen LogP contribution < -0.4 is 0 Å². The van der Waals surface area contributed by atoms with Gasteiger partial charge in [-0.2, -0.15) is 0 Å². The summed E-state index contributed by atoms with van der Waals surface area (Å²) in [5, 5.41) is 16.1. The minimum atomic E-state index is -2.19. The average Bonchev–Trinajstić information content (AvgIpc) is 1.35. The molecule has 0 spiro atoms. The van der Waals surface area contributed by atoms with Gasteiger partial charge in [-0.1, -0.05) is 6.58 Å². The van der Waals surface area contributed by atoms with E-state index in [4.69, 9.17) is 10.2 Å². The van der Waals surface area contributed by atoms with Gasteiger partial charge in [0.2, 0.25) is 0 Å². The lowest BCUT2D eigenvalue weighted by Gasteiger charge is -2.06. The number of aliphatic hydroxyl groups is 2. The van der Waals surface area contributed by atoms with Gasteiger partial charge in [-0.05, 0) is 6.08 Å². The van der Waals surface area contributed by atoms with E-state index < -0.39 is 5.69 Å². The largest absolute Gasteiger partial charge is 0.371 e. The molecule has 6 heavy (non-hydrogen) atoms. The summed E-state index contributed by atoms with van der Waals surface area (Å²) < 4.78 is 0. The minimum Gasteiger partial charge on any atom is -0.371 e. The summed E-state index contributed by atoms with van der Waals surface area (Å²) in [5.74, 6) is 0. The van der Waals surface area contributed by atoms with Crippen LogP contribution in [-0.4, -0.2) is 23.7 Å². The van der Waals surface area contributed by atoms with E-state index in [1.165, 1.54) is 0 Å². The Morgan fingerprint density at radius 3 is 1.83 bits per heavy atom. The first-order valence-electron chi connectivity index (χ1n) is 1.43. The molecule has 32 valence electrons. The van der Waals surface area contributed by atoms with E-state index in [0.29, 0.717) is 0 Å². The van der Waals surface area contributed by atoms with Gasteiger partial charge in [0.1, 0.15) is 5.69 Å². The summed E-state index contributed by atoms with van der Waals surface area (Å²) in [4.78, 5) is 0. The molecular weight excluding hydrogens is 78.8 g/mol. The van der Waals surface area contributed by atoms with Crippen molar-refractivity contribution in [2.24, 2.45) is 0 Å². The Morgan fingerprint density at radius 1 is 1.67 bits per heavy atom. The van der Waals surface area contributed by atoms with Crippen molar-refractivity contribution in [1.29, 1.82) is 0 Å². The summed E-state index contributed by atoms with van der Waals surface area (Å²) >= 11 is 0. The maximum atomic E-state index is 8.04. The summed E-state index contributed by atoms with van der Waals surface area (Å²) in [6.07, 6.45) is 0.826. The number of hydrogen-bond donors (Lipinski definition) is 2. The molecule has 0 aliphatic carbocycles. The molecule has 0 aromatic carbocycles. The smallest absolute Gasteiger partial charge is 0.160 e. The Balaban J connectivity index is 3.45. The van der Waals surface area contributed by atoms with Gasteiger partial charge in [0.25, 0.3) is 0 Å². The minimum absolute atomic E-state index is 0.826. The quantitative estimate of drug-likeness (QED) is 0.242. The molecule has 0 rings (SSSR count). The Morgan fingerprint density at radius 2 is 1.83 bits per heavy atom. The molecule has 0 saturated carbocycles. The first kappa shape index (κ1) is 5.72. The summed E-state index contributed by atoms with van der Waals surface area (Å²) in [5.41, 5.74) is -2.19. The third-order valence-electron chi connectivity index (χ3n) is 0.300. The Bertz CT molecular complexity index is 54.3. The van der Waals surface area contributed by atoms with Gasteiger partial charge in [0.05, 0.1) is 0 Å². The van der Waals surface area contributed by atoms with Gasteiger partial charge in [-0.15, -0.1) is 0 Å². The molecule has 2 N–H and O–H groups in total. The molecule has 2 nitrogen and oxygen atoms in total. The fourth-order valence-electron chi connectivity index (χ4n) is 0. The van der Waals surface area contributed by atoms with E-state index in [9.17, 15) is 0 Å². The third kappa shape index (κ3) is 3.72. The van der Waals surface area contributed by atoms with Crippen molar-refractivity contribution in [3.8, 4) is 0 Å². The lowest BCUT2D eigenvalue weighted by Crippen LogP contribution is -2.23. The van der Waals surface area contributed by atoms with Crippen LogP contribution in [0.5, 0.6) is 0 Å². The zero-order valence-electron chi connectivity index (χ0n) is 3.26. The standard InChI is InChI=1S/C3H5BO2/c1-2-3(4,5)6/h2,5-6H,1H2. The Labute approximate surface area is 37.5 Å². The molecule has 0 heterocycles. The van der Waals surface area contributed by atoms with E-state index in [1.54, 1.807) is 0 Å². The molecular formula is C3H5BO2. The van der Waals surface area contributed by atoms with Crippen molar-refractivity contribution in [2.75, 3.05) is 0 Å². The van der Waals surface area contributed by atoms with Crippen molar-refractivity contribution in [3.05, 3.63) is 12.7 Å². The molecule has 0 amide bonds. The van der Waals surface area contributed by atoms with Gasteiger partial charge in [-0.25, -0.2) is 0 Å². The normalized spacial score (nSPS) is 11.0. The second-order valence-electron chi connectivity index (χ2n) is 0.987. The van der Waals surface area contributed by atoms with E-state index in [2.05, 4.69) is 14.4 Å². The zero-order chi connectivity index (χ0) is 5.21. The second kappa shape index (κ2) is 1.45. The highest BCUT2D eigenvalue weighted by atomic mass is 16.5. The fraction of sp³-hybridized carbons (Fsp3) is 0.333. The predicted octanol–water partition coefficient (Wildman–Crippen LogP) is -1.02. The van der Waals surface area contributed by atoms with Crippen LogP contribution in [0.25, 0.3) is 0 Å². The van der Waals surface area contributed by atoms with Crippen LogP contribution in [0.15, 0.2) is 12.7 Å². The van der Waals surface area contributed by atoms with Crippen molar-refractivity contribution in [2.45, 2.75) is 5.69 Å². The summed E-state index contributed by atoms with van der Waals surface area (Å²) in [7, 11) is 4.53. The van der Waals surface area contributed by atoms with Gasteiger partial charge < -0.3 is 10.2 Å². The molecule has 0 atom stereocenters. The molecule has 3 heteroatoms. The monoisotopic (exact) mass is 84.0 g/mol. The lowest BCUT2D eigenvalue weighted by molar-refractivity contribution is -0.0414. The van der Waals surface area contributed by atoms with Crippen molar-refractivity contribution in [1.82, 2.24) is 0 Å². The zero-order valence-corrected chi connectivity index (χ0v) is 3.26. The van der Waals surface area contributed by atoms with E-state index in [0.717, 1.165) is 6.08 Å². The van der Waals surface area contributed by atoms with E-state index in [1.807, 2.05) is 0 Å². The van der Waals surface area contributed by atoms with Gasteiger partial charge in [-0.3, -0.25) is 0 Å². The van der Waals surface area contributed by atoms with Crippen molar-refractivity contribution < 1.29 is 10.2 Å². The van der Waals surface area contributed by atoms with Crippen molar-refractivity contribution >= 4 is 7.85 Å². The van der Waals surface area contributed by atoms with E-state index in [-0.39, 0.29) is 0 Å². The van der Waals surface area contributed by atoms with Crippen molar-refractivity contribution in [3.63, 3.8) is 0 Å². The lowest BCUT2D eigenvalue weighted by atomic mass is 9.96. The molecule has 0 aliphatic heterocycles. The average molecular weight is 83.9 g/mol. The first-order valence-corrected chi connectivity index (χ1v) is 1.43. The number of rotatable bonds is 1. The molecule has 0 bridgehead atoms. The Kier molecular flexibility index (Phi) is 1.38. The summed E-state index contributed by atoms with van der Waals surface area (Å²) in [6, 6.07) is 0. The third-order valence-corrected chi connectivity index (χ3v) is 0.300. The highest BCUT2D eigenvalue weighted by molar-refractivity contribution is 6.14. The fourth-order valence-corrected chi connectivity index (χ4v) is 0. The molecule has 0 saturated heterocycles. The van der Waals surface area contributed by atoms with E-state index >= 15 is 0 Å². The topological polar surface area (TPSA) is 40.5 Å².